The van der Waals surface area contributed by atoms with Gasteiger partial charge in [0.2, 0.25) is 0 Å². The van der Waals surface area contributed by atoms with Crippen LogP contribution in [0.3, 0.4) is 0 Å². The van der Waals surface area contributed by atoms with E-state index < -0.39 is 51.8 Å². The zero-order valence-electron chi connectivity index (χ0n) is 28.8. The quantitative estimate of drug-likeness (QED) is 0.0268. The smallest absolute Gasteiger partial charge is 0.462 e. The number of phosphoric acid groups is 1. The minimum Gasteiger partial charge on any atom is -0.462 e. The summed E-state index contributed by atoms with van der Waals surface area (Å²) in [5.41, 5.74) is 0. The average molecular weight is 677 g/mol. The summed E-state index contributed by atoms with van der Waals surface area (Å²) in [4.78, 5) is 34.6. The van der Waals surface area contributed by atoms with Gasteiger partial charge in [-0.15, -0.1) is 0 Å². The third-order valence-corrected chi connectivity index (χ3v) is 8.31. The molecular weight excluding hydrogens is 611 g/mol. The Kier molecular flexibility index (Phi) is 30.9. The Morgan fingerprint density at radius 3 is 1.70 bits per heavy atom. The van der Waals surface area contributed by atoms with Crippen molar-refractivity contribution >= 4 is 19.8 Å². The number of aliphatic hydroxyl groups excluding tert-OH is 2. The molecule has 0 heterocycles. The third-order valence-electron chi connectivity index (χ3n) is 7.36. The summed E-state index contributed by atoms with van der Waals surface area (Å²) >= 11 is 0. The average Bonchev–Trinajstić information content (AvgIpc) is 3.04. The van der Waals surface area contributed by atoms with E-state index in [0.29, 0.717) is 12.8 Å². The lowest BCUT2D eigenvalue weighted by molar-refractivity contribution is -0.161. The molecule has 0 amide bonds. The summed E-state index contributed by atoms with van der Waals surface area (Å²) < 4.78 is 32.4. The number of carbonyl (C=O) groups excluding carboxylic acids is 2. The monoisotopic (exact) mass is 676 g/mol. The molecule has 0 aromatic rings. The fourth-order valence-corrected chi connectivity index (χ4v) is 5.34. The predicted molar refractivity (Wildman–Crippen MR) is 182 cm³/mol. The Morgan fingerprint density at radius 1 is 0.652 bits per heavy atom. The molecule has 0 aromatic heterocycles. The second-order valence-corrected chi connectivity index (χ2v) is 13.4. The summed E-state index contributed by atoms with van der Waals surface area (Å²) in [6.07, 6.45) is 27.4. The van der Waals surface area contributed by atoms with Gasteiger partial charge in [-0.3, -0.25) is 18.6 Å². The lowest BCUT2D eigenvalue weighted by Crippen LogP contribution is -2.29. The Morgan fingerprint density at radius 2 is 1.13 bits per heavy atom. The number of phosphoric ester groups is 1. The molecule has 3 unspecified atom stereocenters. The molecule has 0 aliphatic rings. The van der Waals surface area contributed by atoms with Crippen LogP contribution in [-0.4, -0.2) is 65.7 Å². The first kappa shape index (κ1) is 44.5. The third kappa shape index (κ3) is 31.1. The van der Waals surface area contributed by atoms with Crippen molar-refractivity contribution in [3.05, 3.63) is 24.3 Å². The van der Waals surface area contributed by atoms with Crippen molar-refractivity contribution in [3.8, 4) is 0 Å². The van der Waals surface area contributed by atoms with E-state index in [0.717, 1.165) is 57.8 Å². The number of aliphatic hydroxyl groups is 2. The molecule has 0 saturated carbocycles. The van der Waals surface area contributed by atoms with Crippen LogP contribution >= 0.6 is 7.82 Å². The standard InChI is InChI=1S/C35H65O10P/c1-3-5-7-9-11-12-13-14-15-16-17-18-19-21-23-25-27-35(39)45-33(31-44-46(40,41)43-29-32(37)28-36)30-42-34(38)26-24-22-20-10-8-6-4-2/h12-13,15-16,32-33,36-37H,3-11,14,17-31H2,1-2H3,(H,40,41)/b13-12-,16-15-. The molecule has 0 fully saturated rings. The van der Waals surface area contributed by atoms with E-state index in [2.05, 4.69) is 42.7 Å². The van der Waals surface area contributed by atoms with Crippen LogP contribution in [-0.2, 0) is 32.7 Å². The minimum atomic E-state index is -4.60. The van der Waals surface area contributed by atoms with E-state index >= 15 is 0 Å². The summed E-state index contributed by atoms with van der Waals surface area (Å²) in [6, 6.07) is 0. The van der Waals surface area contributed by atoms with Gasteiger partial charge in [-0.25, -0.2) is 4.57 Å². The fraction of sp³-hybridized carbons (Fsp3) is 0.829. The predicted octanol–water partition coefficient (Wildman–Crippen LogP) is 8.27. The van der Waals surface area contributed by atoms with Gasteiger partial charge in [0.25, 0.3) is 0 Å². The van der Waals surface area contributed by atoms with Crippen molar-refractivity contribution in [2.45, 2.75) is 161 Å². The van der Waals surface area contributed by atoms with Gasteiger partial charge in [-0.1, -0.05) is 115 Å². The Labute approximate surface area is 278 Å². The topological polar surface area (TPSA) is 149 Å². The van der Waals surface area contributed by atoms with Crippen molar-refractivity contribution < 1.29 is 47.8 Å². The van der Waals surface area contributed by atoms with Gasteiger partial charge in [0.15, 0.2) is 6.10 Å². The Balaban J connectivity index is 4.38. The Bertz CT molecular complexity index is 832. The number of esters is 2. The number of hydrogen-bond donors (Lipinski definition) is 3. The molecule has 3 atom stereocenters. The number of unbranched alkanes of at least 4 members (excludes halogenated alkanes) is 15. The van der Waals surface area contributed by atoms with E-state index in [4.69, 9.17) is 19.1 Å². The zero-order chi connectivity index (χ0) is 34.1. The Hall–Kier alpha value is -1.55. The maximum absolute atomic E-state index is 12.5. The first-order chi connectivity index (χ1) is 22.2. The molecule has 0 radical (unpaired) electrons. The van der Waals surface area contributed by atoms with E-state index in [1.54, 1.807) is 0 Å². The van der Waals surface area contributed by atoms with Crippen molar-refractivity contribution in [1.29, 1.82) is 0 Å². The molecular formula is C35H65O10P. The van der Waals surface area contributed by atoms with E-state index in [-0.39, 0.29) is 19.4 Å². The van der Waals surface area contributed by atoms with E-state index in [1.165, 1.54) is 51.4 Å². The van der Waals surface area contributed by atoms with Crippen LogP contribution in [0.15, 0.2) is 24.3 Å². The summed E-state index contributed by atoms with van der Waals surface area (Å²) in [7, 11) is -4.60. The molecule has 0 aliphatic heterocycles. The second kappa shape index (κ2) is 32.0. The van der Waals surface area contributed by atoms with Crippen molar-refractivity contribution in [3.63, 3.8) is 0 Å². The molecule has 10 nitrogen and oxygen atoms in total. The van der Waals surface area contributed by atoms with Crippen LogP contribution in [0.25, 0.3) is 0 Å². The second-order valence-electron chi connectivity index (χ2n) is 11.9. The summed E-state index contributed by atoms with van der Waals surface area (Å²) in [5, 5.41) is 18.2. The maximum Gasteiger partial charge on any atom is 0.472 e. The van der Waals surface area contributed by atoms with Crippen LogP contribution in [0.5, 0.6) is 0 Å². The molecule has 0 aliphatic carbocycles. The highest BCUT2D eigenvalue weighted by molar-refractivity contribution is 7.47. The van der Waals surface area contributed by atoms with Crippen molar-refractivity contribution in [2.24, 2.45) is 0 Å². The molecule has 0 rings (SSSR count). The first-order valence-electron chi connectivity index (χ1n) is 17.8. The molecule has 0 aromatic carbocycles. The normalized spacial score (nSPS) is 14.5. The number of ether oxygens (including phenoxy) is 2. The largest absolute Gasteiger partial charge is 0.472 e. The lowest BCUT2D eigenvalue weighted by Gasteiger charge is -2.20. The number of carbonyl (C=O) groups is 2. The van der Waals surface area contributed by atoms with Crippen LogP contribution in [0, 0.1) is 0 Å². The number of allylic oxidation sites excluding steroid dienone is 4. The van der Waals surface area contributed by atoms with E-state index in [9.17, 15) is 24.2 Å². The molecule has 0 bridgehead atoms. The highest BCUT2D eigenvalue weighted by Crippen LogP contribution is 2.43. The van der Waals surface area contributed by atoms with Gasteiger partial charge >= 0.3 is 19.8 Å². The van der Waals surface area contributed by atoms with Gasteiger partial charge in [-0.05, 0) is 44.9 Å². The maximum atomic E-state index is 12.5. The highest BCUT2D eigenvalue weighted by Gasteiger charge is 2.27. The molecule has 0 saturated heterocycles. The van der Waals surface area contributed by atoms with Crippen LogP contribution in [0.2, 0.25) is 0 Å². The minimum absolute atomic E-state index is 0.170. The number of rotatable bonds is 33. The van der Waals surface area contributed by atoms with Gasteiger partial charge < -0.3 is 24.6 Å². The first-order valence-corrected chi connectivity index (χ1v) is 19.3. The molecule has 0 spiro atoms. The van der Waals surface area contributed by atoms with Crippen LogP contribution in [0.1, 0.15) is 149 Å². The van der Waals surface area contributed by atoms with Crippen LogP contribution < -0.4 is 0 Å². The van der Waals surface area contributed by atoms with Gasteiger partial charge in [0.1, 0.15) is 12.7 Å². The zero-order valence-corrected chi connectivity index (χ0v) is 29.7. The van der Waals surface area contributed by atoms with E-state index in [1.807, 2.05) is 0 Å². The summed E-state index contributed by atoms with van der Waals surface area (Å²) in [6.45, 7) is 2.27. The molecule has 270 valence electrons. The molecule has 3 N–H and O–H groups in total. The molecule has 46 heavy (non-hydrogen) atoms. The van der Waals surface area contributed by atoms with Gasteiger partial charge in [0, 0.05) is 12.8 Å². The van der Waals surface area contributed by atoms with Gasteiger partial charge in [-0.2, -0.15) is 0 Å². The fourth-order valence-electron chi connectivity index (χ4n) is 4.55. The van der Waals surface area contributed by atoms with Gasteiger partial charge in [0.05, 0.1) is 19.8 Å². The summed E-state index contributed by atoms with van der Waals surface area (Å²) in [5.74, 6) is -0.948. The highest BCUT2D eigenvalue weighted by atomic mass is 31.2. The van der Waals surface area contributed by atoms with Crippen molar-refractivity contribution in [2.75, 3.05) is 26.4 Å². The molecule has 11 heteroatoms. The lowest BCUT2D eigenvalue weighted by atomic mass is 10.1. The van der Waals surface area contributed by atoms with Crippen LogP contribution in [0.4, 0.5) is 0 Å². The number of hydrogen-bond acceptors (Lipinski definition) is 9. The van der Waals surface area contributed by atoms with Crippen molar-refractivity contribution in [1.82, 2.24) is 0 Å². The SMILES string of the molecule is CCCCCC/C=C\C/C=C\CCCCCCCC(=O)OC(COC(=O)CCCCCCCCC)COP(=O)(O)OCC(O)CO.